The van der Waals surface area contributed by atoms with Crippen LogP contribution in [0.5, 0.6) is 0 Å². The molecule has 0 aliphatic carbocycles. The van der Waals surface area contributed by atoms with Gasteiger partial charge < -0.3 is 9.73 Å². The van der Waals surface area contributed by atoms with Crippen LogP contribution in [0.2, 0.25) is 0 Å². The van der Waals surface area contributed by atoms with E-state index in [-0.39, 0.29) is 28.5 Å². The molecule has 3 rings (SSSR count). The van der Waals surface area contributed by atoms with E-state index in [4.69, 9.17) is 4.42 Å². The molecule has 3 aromatic rings. The zero-order chi connectivity index (χ0) is 17.8. The molecule has 0 radical (unpaired) electrons. The van der Waals surface area contributed by atoms with Gasteiger partial charge in [0.05, 0.1) is 16.4 Å². The molecular formula is C14H11N5O4S2. The number of aromatic nitrogens is 3. The van der Waals surface area contributed by atoms with E-state index in [2.05, 4.69) is 20.5 Å². The molecule has 0 bridgehead atoms. The topological polar surface area (TPSA) is 124 Å². The maximum absolute atomic E-state index is 11.9. The number of nitro benzene ring substituents is 1. The highest BCUT2D eigenvalue weighted by molar-refractivity contribution is 7.99. The lowest BCUT2D eigenvalue weighted by Gasteiger charge is -1.98. The van der Waals surface area contributed by atoms with Crippen LogP contribution in [0.3, 0.4) is 0 Å². The standard InChI is InChI=1S/C14H11N5O4S2/c1-8-6-24-13(15-8)16-11(20)7-25-14-18-17-12(23-14)9-3-2-4-10(5-9)19(21)22/h2-6H,7H2,1H3,(H,15,16,20). The van der Waals surface area contributed by atoms with Crippen molar-refractivity contribution in [1.29, 1.82) is 0 Å². The first kappa shape index (κ1) is 17.0. The number of hydrogen-bond donors (Lipinski definition) is 1. The molecule has 2 heterocycles. The van der Waals surface area contributed by atoms with Gasteiger partial charge >= 0.3 is 0 Å². The average Bonchev–Trinajstić information content (AvgIpc) is 3.22. The van der Waals surface area contributed by atoms with Crippen LogP contribution in [0.4, 0.5) is 10.8 Å². The maximum Gasteiger partial charge on any atom is 0.277 e. The smallest absolute Gasteiger partial charge is 0.277 e. The van der Waals surface area contributed by atoms with Crippen molar-refractivity contribution in [3.05, 3.63) is 45.5 Å². The molecule has 2 aromatic heterocycles. The Kier molecular flexibility index (Phi) is 5.05. The summed E-state index contributed by atoms with van der Waals surface area (Å²) in [6.07, 6.45) is 0. The molecule has 9 nitrogen and oxygen atoms in total. The molecule has 0 aliphatic rings. The van der Waals surface area contributed by atoms with Crippen LogP contribution in [-0.4, -0.2) is 31.8 Å². The Morgan fingerprint density at radius 1 is 1.44 bits per heavy atom. The van der Waals surface area contributed by atoms with Gasteiger partial charge in [-0.15, -0.1) is 21.5 Å². The van der Waals surface area contributed by atoms with Crippen LogP contribution in [0, 0.1) is 17.0 Å². The zero-order valence-corrected chi connectivity index (χ0v) is 14.5. The summed E-state index contributed by atoms with van der Waals surface area (Å²) < 4.78 is 5.43. The third kappa shape index (κ3) is 4.39. The number of nitro groups is 1. The first-order chi connectivity index (χ1) is 12.0. The van der Waals surface area contributed by atoms with Gasteiger partial charge in [-0.3, -0.25) is 14.9 Å². The summed E-state index contributed by atoms with van der Waals surface area (Å²) in [7, 11) is 0. The molecule has 0 saturated heterocycles. The number of hydrogen-bond acceptors (Lipinski definition) is 9. The number of nitrogens with one attached hydrogen (secondary N) is 1. The van der Waals surface area contributed by atoms with Crippen molar-refractivity contribution in [2.75, 3.05) is 11.1 Å². The minimum atomic E-state index is -0.500. The number of nitrogens with zero attached hydrogens (tertiary/aromatic N) is 4. The van der Waals surface area contributed by atoms with E-state index in [0.29, 0.717) is 10.7 Å². The van der Waals surface area contributed by atoms with Gasteiger partial charge in [0.1, 0.15) is 0 Å². The summed E-state index contributed by atoms with van der Waals surface area (Å²) in [6, 6.07) is 5.89. The Bertz CT molecular complexity index is 923. The Balaban J connectivity index is 1.61. The van der Waals surface area contributed by atoms with Crippen molar-refractivity contribution in [2.24, 2.45) is 0 Å². The van der Waals surface area contributed by atoms with E-state index in [0.717, 1.165) is 17.5 Å². The minimum Gasteiger partial charge on any atom is -0.411 e. The summed E-state index contributed by atoms with van der Waals surface area (Å²) in [4.78, 5) is 26.3. The van der Waals surface area contributed by atoms with Gasteiger partial charge in [-0.2, -0.15) is 0 Å². The molecule has 25 heavy (non-hydrogen) atoms. The van der Waals surface area contributed by atoms with Crippen LogP contribution in [0.1, 0.15) is 5.69 Å². The van der Waals surface area contributed by atoms with Crippen molar-refractivity contribution in [3.63, 3.8) is 0 Å². The first-order valence-electron chi connectivity index (χ1n) is 6.94. The molecule has 0 spiro atoms. The lowest BCUT2D eigenvalue weighted by atomic mass is 10.2. The highest BCUT2D eigenvalue weighted by Crippen LogP contribution is 2.26. The van der Waals surface area contributed by atoms with Gasteiger partial charge in [0.2, 0.25) is 11.8 Å². The van der Waals surface area contributed by atoms with E-state index in [9.17, 15) is 14.9 Å². The van der Waals surface area contributed by atoms with Crippen molar-refractivity contribution in [2.45, 2.75) is 12.1 Å². The second-order valence-electron chi connectivity index (χ2n) is 4.81. The number of aryl methyl sites for hydroxylation is 1. The second kappa shape index (κ2) is 7.40. The second-order valence-corrected chi connectivity index (χ2v) is 6.60. The Morgan fingerprint density at radius 2 is 2.28 bits per heavy atom. The number of benzene rings is 1. The van der Waals surface area contributed by atoms with Crippen LogP contribution < -0.4 is 5.32 Å². The van der Waals surface area contributed by atoms with E-state index in [1.807, 2.05) is 12.3 Å². The number of thiazole rings is 1. The molecule has 0 unspecified atom stereocenters. The predicted molar refractivity (Wildman–Crippen MR) is 92.6 cm³/mol. The lowest BCUT2D eigenvalue weighted by molar-refractivity contribution is -0.384. The van der Waals surface area contributed by atoms with Crippen molar-refractivity contribution >= 4 is 39.8 Å². The number of thioether (sulfide) groups is 1. The number of carbonyl (C=O) groups is 1. The number of carbonyl (C=O) groups excluding carboxylic acids is 1. The van der Waals surface area contributed by atoms with Crippen LogP contribution in [-0.2, 0) is 4.79 Å². The normalized spacial score (nSPS) is 10.6. The van der Waals surface area contributed by atoms with Gasteiger partial charge in [0, 0.05) is 23.1 Å². The Labute approximate surface area is 149 Å². The van der Waals surface area contributed by atoms with Gasteiger partial charge in [0.25, 0.3) is 10.9 Å². The van der Waals surface area contributed by atoms with Gasteiger partial charge in [0.15, 0.2) is 5.13 Å². The SMILES string of the molecule is Cc1csc(NC(=O)CSc2nnc(-c3cccc([N+](=O)[O-])c3)o2)n1. The van der Waals surface area contributed by atoms with Gasteiger partial charge in [-0.25, -0.2) is 4.98 Å². The first-order valence-corrected chi connectivity index (χ1v) is 8.81. The molecule has 0 aliphatic heterocycles. The number of anilines is 1. The fraction of sp³-hybridized carbons (Fsp3) is 0.143. The third-order valence-corrected chi connectivity index (χ3v) is 4.60. The molecule has 11 heteroatoms. The largest absolute Gasteiger partial charge is 0.411 e. The molecule has 0 fully saturated rings. The number of rotatable bonds is 6. The van der Waals surface area contributed by atoms with Gasteiger partial charge in [-0.1, -0.05) is 17.8 Å². The lowest BCUT2D eigenvalue weighted by Crippen LogP contribution is -2.13. The summed E-state index contributed by atoms with van der Waals surface area (Å²) in [5, 5.41) is 23.7. The number of amides is 1. The molecule has 1 N–H and O–H groups in total. The van der Waals surface area contributed by atoms with Crippen LogP contribution in [0.25, 0.3) is 11.5 Å². The Hall–Kier alpha value is -2.79. The van der Waals surface area contributed by atoms with Crippen LogP contribution >= 0.6 is 23.1 Å². The summed E-state index contributed by atoms with van der Waals surface area (Å²) in [5.74, 6) is -0.00791. The quantitative estimate of drug-likeness (QED) is 0.395. The minimum absolute atomic E-state index is 0.0666. The molecule has 0 saturated carbocycles. The third-order valence-electron chi connectivity index (χ3n) is 2.90. The van der Waals surface area contributed by atoms with Crippen molar-refractivity contribution < 1.29 is 14.1 Å². The fourth-order valence-corrected chi connectivity index (χ4v) is 3.10. The molecule has 0 atom stereocenters. The van der Waals surface area contributed by atoms with E-state index >= 15 is 0 Å². The number of non-ortho nitro benzene ring substituents is 1. The van der Waals surface area contributed by atoms with Gasteiger partial charge in [-0.05, 0) is 13.0 Å². The summed E-state index contributed by atoms with van der Waals surface area (Å²) in [6.45, 7) is 1.84. The Morgan fingerprint density at radius 3 is 3.00 bits per heavy atom. The maximum atomic E-state index is 11.9. The van der Waals surface area contributed by atoms with Crippen LogP contribution in [0.15, 0.2) is 39.3 Å². The molecule has 128 valence electrons. The predicted octanol–water partition coefficient (Wildman–Crippen LogP) is 3.14. The summed E-state index contributed by atoms with van der Waals surface area (Å²) >= 11 is 2.42. The van der Waals surface area contributed by atoms with E-state index in [1.54, 1.807) is 6.07 Å². The molecule has 1 amide bonds. The highest BCUT2D eigenvalue weighted by Gasteiger charge is 2.14. The molecular weight excluding hydrogens is 366 g/mol. The zero-order valence-electron chi connectivity index (χ0n) is 12.8. The highest BCUT2D eigenvalue weighted by atomic mass is 32.2. The van der Waals surface area contributed by atoms with E-state index < -0.39 is 4.92 Å². The summed E-state index contributed by atoms with van der Waals surface area (Å²) in [5.41, 5.74) is 1.21. The fourth-order valence-electron chi connectivity index (χ4n) is 1.83. The monoisotopic (exact) mass is 377 g/mol. The van der Waals surface area contributed by atoms with Crippen molar-refractivity contribution in [1.82, 2.24) is 15.2 Å². The van der Waals surface area contributed by atoms with E-state index in [1.165, 1.54) is 29.5 Å². The van der Waals surface area contributed by atoms with Crippen molar-refractivity contribution in [3.8, 4) is 11.5 Å². The average molecular weight is 377 g/mol. The molecule has 1 aromatic carbocycles.